The Morgan fingerprint density at radius 1 is 1.06 bits per heavy atom. The molecule has 168 valence electrons. The highest BCUT2D eigenvalue weighted by atomic mass is 35.5. The van der Waals surface area contributed by atoms with E-state index in [0.717, 1.165) is 16.7 Å². The number of carbonyl (C=O) groups is 2. The van der Waals surface area contributed by atoms with Gasteiger partial charge in [0, 0.05) is 18.1 Å². The van der Waals surface area contributed by atoms with E-state index < -0.39 is 6.04 Å². The number of ether oxygens (including phenoxy) is 1. The molecule has 2 aromatic rings. The molecule has 0 bridgehead atoms. The number of amides is 2. The van der Waals surface area contributed by atoms with Gasteiger partial charge in [-0.25, -0.2) is 0 Å². The second-order valence-electron chi connectivity index (χ2n) is 8.30. The number of halogens is 1. The molecule has 0 saturated heterocycles. The second-order valence-corrected chi connectivity index (χ2v) is 8.68. The lowest BCUT2D eigenvalue weighted by atomic mass is 10.1. The third-order valence-electron chi connectivity index (χ3n) is 5.11. The van der Waals surface area contributed by atoms with Gasteiger partial charge in [0.2, 0.25) is 5.91 Å². The third-order valence-corrected chi connectivity index (χ3v) is 5.70. The molecule has 0 saturated carbocycles. The van der Waals surface area contributed by atoms with E-state index in [4.69, 9.17) is 16.3 Å². The zero-order chi connectivity index (χ0) is 23.0. The molecule has 0 spiro atoms. The zero-order valence-electron chi connectivity index (χ0n) is 19.1. The van der Waals surface area contributed by atoms with Crippen LogP contribution in [0.2, 0.25) is 5.02 Å². The maximum absolute atomic E-state index is 13.1. The monoisotopic (exact) mass is 444 g/mol. The average molecular weight is 445 g/mol. The highest BCUT2D eigenvalue weighted by Crippen LogP contribution is 2.25. The SMILES string of the molecule is Cc1cc(OCC(=O)N(CCc2ccccc2)[C@@H](C)C(=O)NCC(C)C)cc(C)c1Cl. The van der Waals surface area contributed by atoms with Crippen molar-refractivity contribution in [3.8, 4) is 5.75 Å². The van der Waals surface area contributed by atoms with Gasteiger partial charge in [0.15, 0.2) is 6.61 Å². The summed E-state index contributed by atoms with van der Waals surface area (Å²) in [5.41, 5.74) is 2.90. The Morgan fingerprint density at radius 3 is 2.26 bits per heavy atom. The summed E-state index contributed by atoms with van der Waals surface area (Å²) in [6.07, 6.45) is 0.660. The number of hydrogen-bond donors (Lipinski definition) is 1. The molecular formula is C25H33ClN2O3. The fourth-order valence-electron chi connectivity index (χ4n) is 3.24. The molecule has 0 aliphatic carbocycles. The van der Waals surface area contributed by atoms with E-state index >= 15 is 0 Å². The number of nitrogens with zero attached hydrogens (tertiary/aromatic N) is 1. The van der Waals surface area contributed by atoms with Gasteiger partial charge in [0.1, 0.15) is 11.8 Å². The lowest BCUT2D eigenvalue weighted by Gasteiger charge is -2.29. The molecule has 5 nitrogen and oxygen atoms in total. The maximum atomic E-state index is 13.1. The van der Waals surface area contributed by atoms with Crippen molar-refractivity contribution in [2.75, 3.05) is 19.7 Å². The number of nitrogens with one attached hydrogen (secondary N) is 1. The normalized spacial score (nSPS) is 11.8. The van der Waals surface area contributed by atoms with E-state index in [-0.39, 0.29) is 18.4 Å². The molecule has 2 aromatic carbocycles. The Hall–Kier alpha value is -2.53. The molecule has 6 heteroatoms. The first-order valence-corrected chi connectivity index (χ1v) is 11.1. The molecule has 1 N–H and O–H groups in total. The Labute approximate surface area is 190 Å². The van der Waals surface area contributed by atoms with Gasteiger partial charge < -0.3 is 15.0 Å². The van der Waals surface area contributed by atoms with E-state index in [9.17, 15) is 9.59 Å². The Balaban J connectivity index is 2.09. The van der Waals surface area contributed by atoms with Crippen LogP contribution in [0.4, 0.5) is 0 Å². The summed E-state index contributed by atoms with van der Waals surface area (Å²) in [4.78, 5) is 27.3. The first kappa shape index (κ1) is 24.7. The highest BCUT2D eigenvalue weighted by Gasteiger charge is 2.26. The van der Waals surface area contributed by atoms with Crippen molar-refractivity contribution in [3.05, 3.63) is 64.2 Å². The van der Waals surface area contributed by atoms with E-state index in [2.05, 4.69) is 5.32 Å². The van der Waals surface area contributed by atoms with Gasteiger partial charge in [0.05, 0.1) is 0 Å². The zero-order valence-corrected chi connectivity index (χ0v) is 19.8. The second kappa shape index (κ2) is 11.8. The van der Waals surface area contributed by atoms with Crippen LogP contribution in [0.1, 0.15) is 37.5 Å². The molecule has 0 aromatic heterocycles. The van der Waals surface area contributed by atoms with Gasteiger partial charge in [-0.15, -0.1) is 0 Å². The van der Waals surface area contributed by atoms with Gasteiger partial charge in [-0.2, -0.15) is 0 Å². The molecule has 0 aliphatic rings. The van der Waals surface area contributed by atoms with Gasteiger partial charge >= 0.3 is 0 Å². The topological polar surface area (TPSA) is 58.6 Å². The fourth-order valence-corrected chi connectivity index (χ4v) is 3.35. The highest BCUT2D eigenvalue weighted by molar-refractivity contribution is 6.32. The van der Waals surface area contributed by atoms with Gasteiger partial charge in [-0.05, 0) is 61.9 Å². The summed E-state index contributed by atoms with van der Waals surface area (Å²) in [7, 11) is 0. The molecule has 2 rings (SSSR count). The predicted octanol–water partition coefficient (Wildman–Crippen LogP) is 4.57. The quantitative estimate of drug-likeness (QED) is 0.584. The minimum Gasteiger partial charge on any atom is -0.484 e. The third kappa shape index (κ3) is 7.59. The first-order chi connectivity index (χ1) is 14.7. The Morgan fingerprint density at radius 2 is 1.68 bits per heavy atom. The number of rotatable bonds is 10. The fraction of sp³-hybridized carbons (Fsp3) is 0.440. The molecule has 1 atom stereocenters. The van der Waals surface area contributed by atoms with Crippen LogP contribution in [0.15, 0.2) is 42.5 Å². The van der Waals surface area contributed by atoms with E-state index in [1.165, 1.54) is 0 Å². The Kier molecular flexibility index (Phi) is 9.38. The minimum absolute atomic E-state index is 0.142. The molecule has 0 unspecified atom stereocenters. The number of benzene rings is 2. The largest absolute Gasteiger partial charge is 0.484 e. The van der Waals surface area contributed by atoms with Crippen LogP contribution in [0.25, 0.3) is 0 Å². The van der Waals surface area contributed by atoms with E-state index in [1.807, 2.05) is 70.2 Å². The van der Waals surface area contributed by atoms with Crippen LogP contribution in [0, 0.1) is 19.8 Å². The van der Waals surface area contributed by atoms with Crippen LogP contribution in [0.5, 0.6) is 5.75 Å². The van der Waals surface area contributed by atoms with Gasteiger partial charge in [-0.1, -0.05) is 55.8 Å². The van der Waals surface area contributed by atoms with Crippen molar-refractivity contribution < 1.29 is 14.3 Å². The van der Waals surface area contributed by atoms with Crippen molar-refractivity contribution in [1.29, 1.82) is 0 Å². The summed E-state index contributed by atoms with van der Waals surface area (Å²) < 4.78 is 5.76. The molecule has 0 aliphatic heterocycles. The van der Waals surface area contributed by atoms with Crippen LogP contribution < -0.4 is 10.1 Å². The van der Waals surface area contributed by atoms with Crippen molar-refractivity contribution >= 4 is 23.4 Å². The molecule has 0 heterocycles. The summed E-state index contributed by atoms with van der Waals surface area (Å²) >= 11 is 6.22. The Bertz CT molecular complexity index is 861. The van der Waals surface area contributed by atoms with E-state index in [0.29, 0.717) is 36.2 Å². The summed E-state index contributed by atoms with van der Waals surface area (Å²) in [6, 6.07) is 13.0. The number of hydrogen-bond acceptors (Lipinski definition) is 3. The lowest BCUT2D eigenvalue weighted by molar-refractivity contribution is -0.141. The van der Waals surface area contributed by atoms with Gasteiger partial charge in [-0.3, -0.25) is 9.59 Å². The standard InChI is InChI=1S/C25H33ClN2O3/c1-17(2)15-27-25(30)20(5)28(12-11-21-9-7-6-8-10-21)23(29)16-31-22-13-18(3)24(26)19(4)14-22/h6-10,13-14,17,20H,11-12,15-16H2,1-5H3,(H,27,30)/t20-/m0/s1. The van der Waals surface area contributed by atoms with Crippen molar-refractivity contribution in [3.63, 3.8) is 0 Å². The van der Waals surface area contributed by atoms with Crippen molar-refractivity contribution in [1.82, 2.24) is 10.2 Å². The number of aryl methyl sites for hydroxylation is 2. The van der Waals surface area contributed by atoms with E-state index in [1.54, 1.807) is 11.8 Å². The first-order valence-electron chi connectivity index (χ1n) is 10.7. The summed E-state index contributed by atoms with van der Waals surface area (Å²) in [5.74, 6) is 0.540. The van der Waals surface area contributed by atoms with Gasteiger partial charge in [0.25, 0.3) is 5.91 Å². The minimum atomic E-state index is -0.591. The molecule has 0 radical (unpaired) electrons. The van der Waals surface area contributed by atoms with Crippen LogP contribution in [-0.2, 0) is 16.0 Å². The number of carbonyl (C=O) groups excluding carboxylic acids is 2. The average Bonchev–Trinajstić information content (AvgIpc) is 2.74. The molecule has 31 heavy (non-hydrogen) atoms. The predicted molar refractivity (Wildman–Crippen MR) is 126 cm³/mol. The van der Waals surface area contributed by atoms with Crippen molar-refractivity contribution in [2.45, 2.75) is 47.1 Å². The maximum Gasteiger partial charge on any atom is 0.261 e. The summed E-state index contributed by atoms with van der Waals surface area (Å²) in [5, 5.41) is 3.62. The van der Waals surface area contributed by atoms with Crippen LogP contribution in [-0.4, -0.2) is 42.5 Å². The van der Waals surface area contributed by atoms with Crippen LogP contribution in [0.3, 0.4) is 0 Å². The van der Waals surface area contributed by atoms with Crippen LogP contribution >= 0.6 is 11.6 Å². The molecular weight excluding hydrogens is 412 g/mol. The lowest BCUT2D eigenvalue weighted by Crippen LogP contribution is -2.50. The molecule has 2 amide bonds. The summed E-state index contributed by atoms with van der Waals surface area (Å²) in [6.45, 7) is 10.5. The van der Waals surface area contributed by atoms with Crippen molar-refractivity contribution in [2.24, 2.45) is 5.92 Å². The molecule has 0 fully saturated rings. The smallest absolute Gasteiger partial charge is 0.261 e.